The van der Waals surface area contributed by atoms with E-state index in [-0.39, 0.29) is 18.1 Å². The molecule has 14 heavy (non-hydrogen) atoms. The predicted molar refractivity (Wildman–Crippen MR) is 51.5 cm³/mol. The maximum Gasteiger partial charge on any atom is 0.191 e. The van der Waals surface area contributed by atoms with Crippen LogP contribution >= 0.6 is 0 Å². The third-order valence-corrected chi connectivity index (χ3v) is 2.06. The van der Waals surface area contributed by atoms with Gasteiger partial charge < -0.3 is 10.4 Å². The van der Waals surface area contributed by atoms with Crippen LogP contribution in [-0.4, -0.2) is 38.9 Å². The average Bonchev–Trinajstić information content (AvgIpc) is 2.67. The Balaban J connectivity index is 2.39. The number of hydrogen-bond acceptors (Lipinski definition) is 5. The molecule has 0 saturated heterocycles. The van der Waals surface area contributed by atoms with Crippen molar-refractivity contribution in [1.29, 1.82) is 0 Å². The van der Waals surface area contributed by atoms with Crippen LogP contribution in [-0.2, 0) is 0 Å². The number of H-pyrrole nitrogens is 1. The minimum Gasteiger partial charge on any atom is -0.396 e. The summed E-state index contributed by atoms with van der Waals surface area (Å²) < 4.78 is 0. The molecule has 1 rings (SSSR count). The third kappa shape index (κ3) is 3.04. The first-order valence-corrected chi connectivity index (χ1v) is 4.63. The highest BCUT2D eigenvalue weighted by molar-refractivity contribution is 4.87. The van der Waals surface area contributed by atoms with Crippen molar-refractivity contribution in [2.24, 2.45) is 5.41 Å². The molecule has 1 heterocycles. The maximum absolute atomic E-state index is 9.05. The van der Waals surface area contributed by atoms with E-state index in [4.69, 9.17) is 5.11 Å². The summed E-state index contributed by atoms with van der Waals surface area (Å²) in [7, 11) is 0. The summed E-state index contributed by atoms with van der Waals surface area (Å²) in [5.74, 6) is 0.638. The molecule has 0 saturated carbocycles. The summed E-state index contributed by atoms with van der Waals surface area (Å²) in [5.41, 5.74) is -0.127. The lowest BCUT2D eigenvalue weighted by Gasteiger charge is -2.23. The molecule has 0 aliphatic rings. The second kappa shape index (κ2) is 4.47. The highest BCUT2D eigenvalue weighted by atomic mass is 16.3. The van der Waals surface area contributed by atoms with Gasteiger partial charge >= 0.3 is 0 Å². The van der Waals surface area contributed by atoms with Gasteiger partial charge in [-0.25, -0.2) is 0 Å². The molecule has 0 amide bonds. The summed E-state index contributed by atoms with van der Waals surface area (Å²) in [6.45, 7) is 6.79. The first kappa shape index (κ1) is 11.1. The smallest absolute Gasteiger partial charge is 0.191 e. The Kier molecular flexibility index (Phi) is 3.54. The molecule has 0 aromatic carbocycles. The molecule has 1 aromatic heterocycles. The van der Waals surface area contributed by atoms with Crippen LogP contribution in [0.5, 0.6) is 0 Å². The SMILES string of the molecule is CC(NCC(C)(C)CO)c1nn[nH]n1. The number of rotatable bonds is 5. The number of nitrogens with one attached hydrogen (secondary N) is 2. The lowest BCUT2D eigenvalue weighted by Crippen LogP contribution is -2.34. The molecule has 1 atom stereocenters. The molecule has 6 nitrogen and oxygen atoms in total. The molecule has 0 radical (unpaired) electrons. The second-order valence-electron chi connectivity index (χ2n) is 4.19. The molecule has 80 valence electrons. The van der Waals surface area contributed by atoms with Gasteiger partial charge in [0.2, 0.25) is 0 Å². The quantitative estimate of drug-likeness (QED) is 0.615. The van der Waals surface area contributed by atoms with Crippen molar-refractivity contribution in [3.05, 3.63) is 5.82 Å². The first-order valence-electron chi connectivity index (χ1n) is 4.63. The van der Waals surface area contributed by atoms with Crippen LogP contribution < -0.4 is 5.32 Å². The van der Waals surface area contributed by atoms with E-state index in [0.717, 1.165) is 0 Å². The van der Waals surface area contributed by atoms with E-state index in [9.17, 15) is 0 Å². The zero-order chi connectivity index (χ0) is 10.6. The van der Waals surface area contributed by atoms with Crippen molar-refractivity contribution in [2.45, 2.75) is 26.8 Å². The van der Waals surface area contributed by atoms with Crippen molar-refractivity contribution < 1.29 is 5.11 Å². The lowest BCUT2D eigenvalue weighted by atomic mass is 9.95. The number of aromatic amines is 1. The molecule has 1 unspecified atom stereocenters. The molecule has 6 heteroatoms. The van der Waals surface area contributed by atoms with E-state index in [1.54, 1.807) is 0 Å². The zero-order valence-electron chi connectivity index (χ0n) is 8.78. The number of aliphatic hydroxyl groups is 1. The van der Waals surface area contributed by atoms with Gasteiger partial charge in [0.05, 0.1) is 6.04 Å². The van der Waals surface area contributed by atoms with E-state index in [1.165, 1.54) is 0 Å². The van der Waals surface area contributed by atoms with Crippen molar-refractivity contribution in [2.75, 3.05) is 13.2 Å². The van der Waals surface area contributed by atoms with E-state index in [0.29, 0.717) is 12.4 Å². The van der Waals surface area contributed by atoms with E-state index < -0.39 is 0 Å². The fourth-order valence-electron chi connectivity index (χ4n) is 0.930. The van der Waals surface area contributed by atoms with Crippen molar-refractivity contribution in [3.63, 3.8) is 0 Å². The zero-order valence-corrected chi connectivity index (χ0v) is 8.78. The number of tetrazole rings is 1. The molecule has 0 bridgehead atoms. The Morgan fingerprint density at radius 3 is 2.79 bits per heavy atom. The minimum atomic E-state index is -0.127. The first-order chi connectivity index (χ1) is 6.55. The van der Waals surface area contributed by atoms with Gasteiger partial charge in [-0.15, -0.1) is 10.2 Å². The molecular weight excluding hydrogens is 182 g/mol. The fourth-order valence-corrected chi connectivity index (χ4v) is 0.930. The molecular formula is C8H17N5O. The number of nitrogens with zero attached hydrogens (tertiary/aromatic N) is 3. The van der Waals surface area contributed by atoms with Crippen LogP contribution in [0.25, 0.3) is 0 Å². The Morgan fingerprint density at radius 2 is 2.29 bits per heavy atom. The Labute approximate surface area is 83.1 Å². The van der Waals surface area contributed by atoms with Crippen molar-refractivity contribution >= 4 is 0 Å². The normalized spacial score (nSPS) is 14.3. The molecule has 1 aromatic rings. The standard InChI is InChI=1S/C8H17N5O/c1-6(7-10-12-13-11-7)9-4-8(2,3)5-14/h6,9,14H,4-5H2,1-3H3,(H,10,11,12,13). The average molecular weight is 199 g/mol. The number of aromatic nitrogens is 4. The van der Waals surface area contributed by atoms with Crippen LogP contribution in [0.2, 0.25) is 0 Å². The minimum absolute atomic E-state index is 0.0413. The summed E-state index contributed by atoms with van der Waals surface area (Å²) in [6.07, 6.45) is 0. The van der Waals surface area contributed by atoms with Crippen LogP contribution in [0.1, 0.15) is 32.6 Å². The fraction of sp³-hybridized carbons (Fsp3) is 0.875. The summed E-state index contributed by atoms with van der Waals surface area (Å²) in [5, 5.41) is 25.9. The van der Waals surface area contributed by atoms with Gasteiger partial charge in [-0.2, -0.15) is 5.21 Å². The van der Waals surface area contributed by atoms with Gasteiger partial charge in [0, 0.05) is 18.6 Å². The summed E-state index contributed by atoms with van der Waals surface area (Å²) in [6, 6.07) is 0.0413. The molecule has 0 aliphatic heterocycles. The second-order valence-corrected chi connectivity index (χ2v) is 4.19. The molecule has 0 fully saturated rings. The van der Waals surface area contributed by atoms with Crippen LogP contribution in [0.3, 0.4) is 0 Å². The summed E-state index contributed by atoms with van der Waals surface area (Å²) >= 11 is 0. The van der Waals surface area contributed by atoms with Gasteiger partial charge in [0.25, 0.3) is 0 Å². The van der Waals surface area contributed by atoms with Gasteiger partial charge in [-0.05, 0) is 6.92 Å². The van der Waals surface area contributed by atoms with E-state index in [1.807, 2.05) is 20.8 Å². The molecule has 0 spiro atoms. The van der Waals surface area contributed by atoms with Gasteiger partial charge in [0.1, 0.15) is 0 Å². The van der Waals surface area contributed by atoms with Gasteiger partial charge in [-0.1, -0.05) is 19.1 Å². The largest absolute Gasteiger partial charge is 0.396 e. The Morgan fingerprint density at radius 1 is 1.57 bits per heavy atom. The molecule has 3 N–H and O–H groups in total. The van der Waals surface area contributed by atoms with Gasteiger partial charge in [0.15, 0.2) is 5.82 Å². The van der Waals surface area contributed by atoms with E-state index in [2.05, 4.69) is 25.9 Å². The monoisotopic (exact) mass is 199 g/mol. The highest BCUT2D eigenvalue weighted by Gasteiger charge is 2.18. The van der Waals surface area contributed by atoms with Crippen molar-refractivity contribution in [1.82, 2.24) is 25.9 Å². The molecule has 0 aliphatic carbocycles. The van der Waals surface area contributed by atoms with Crippen molar-refractivity contribution in [3.8, 4) is 0 Å². The predicted octanol–water partition coefficient (Wildman–Crippen LogP) is -0.131. The number of aliphatic hydroxyl groups excluding tert-OH is 1. The number of hydrogen-bond donors (Lipinski definition) is 3. The Hall–Kier alpha value is -1.01. The Bertz CT molecular complexity index is 259. The van der Waals surface area contributed by atoms with Crippen LogP contribution in [0.15, 0.2) is 0 Å². The van der Waals surface area contributed by atoms with E-state index >= 15 is 0 Å². The maximum atomic E-state index is 9.05. The third-order valence-electron chi connectivity index (χ3n) is 2.06. The van der Waals surface area contributed by atoms with Gasteiger partial charge in [-0.3, -0.25) is 0 Å². The van der Waals surface area contributed by atoms with Crippen LogP contribution in [0.4, 0.5) is 0 Å². The lowest BCUT2D eigenvalue weighted by molar-refractivity contribution is 0.153. The summed E-state index contributed by atoms with van der Waals surface area (Å²) in [4.78, 5) is 0. The van der Waals surface area contributed by atoms with Crippen LogP contribution in [0, 0.1) is 5.41 Å². The topological polar surface area (TPSA) is 86.7 Å². The highest BCUT2D eigenvalue weighted by Crippen LogP contribution is 2.13.